The maximum atomic E-state index is 10.8. The van der Waals surface area contributed by atoms with Crippen molar-refractivity contribution in [1.29, 1.82) is 0 Å². The zero-order chi connectivity index (χ0) is 19.0. The van der Waals surface area contributed by atoms with Gasteiger partial charge in [0.05, 0.1) is 0 Å². The van der Waals surface area contributed by atoms with E-state index in [0.717, 1.165) is 41.6 Å². The van der Waals surface area contributed by atoms with Crippen LogP contribution in [0.2, 0.25) is 0 Å². The summed E-state index contributed by atoms with van der Waals surface area (Å²) in [5.41, 5.74) is 1.60. The molecule has 4 aromatic carbocycles. The Balaban J connectivity index is 2.11. The summed E-state index contributed by atoms with van der Waals surface area (Å²) in [5.74, 6) is 0.875. The van der Waals surface area contributed by atoms with E-state index in [9.17, 15) is 5.11 Å². The van der Waals surface area contributed by atoms with Gasteiger partial charge in [-0.25, -0.2) is 0 Å². The minimum atomic E-state index is 0.131. The van der Waals surface area contributed by atoms with Crippen LogP contribution in [-0.2, 0) is 4.74 Å². The van der Waals surface area contributed by atoms with Crippen LogP contribution in [0, 0.1) is 0 Å². The molecule has 0 saturated heterocycles. The molecule has 0 saturated carbocycles. The number of hydrogen-bond acceptors (Lipinski definition) is 3. The van der Waals surface area contributed by atoms with E-state index in [1.165, 1.54) is 0 Å². The van der Waals surface area contributed by atoms with Gasteiger partial charge in [-0.05, 0) is 57.9 Å². The Bertz CT molecular complexity index is 1160. The van der Waals surface area contributed by atoms with Gasteiger partial charge >= 0.3 is 0 Å². The fourth-order valence-electron chi connectivity index (χ4n) is 3.33. The predicted octanol–water partition coefficient (Wildman–Crippen LogP) is 6.87. The van der Waals surface area contributed by atoms with Crippen molar-refractivity contribution in [2.24, 2.45) is 0 Å². The number of phenolic OH excluding ortho intramolecular Hbond substituents is 1. The van der Waals surface area contributed by atoms with Gasteiger partial charge in [-0.2, -0.15) is 0 Å². The van der Waals surface area contributed by atoms with Crippen LogP contribution in [-0.4, -0.2) is 19.0 Å². The van der Waals surface area contributed by atoms with E-state index < -0.39 is 0 Å². The van der Waals surface area contributed by atoms with E-state index >= 15 is 0 Å². The number of methoxy groups -OCH3 is 1. The second kappa shape index (κ2) is 7.50. The second-order valence-corrected chi connectivity index (χ2v) is 8.01. The van der Waals surface area contributed by atoms with E-state index in [0.29, 0.717) is 5.75 Å². The van der Waals surface area contributed by atoms with Gasteiger partial charge in [0.15, 0.2) is 6.79 Å². The maximum absolute atomic E-state index is 10.8. The van der Waals surface area contributed by atoms with Gasteiger partial charge in [-0.3, -0.25) is 0 Å². The highest BCUT2D eigenvalue weighted by Gasteiger charge is 2.18. The van der Waals surface area contributed by atoms with Gasteiger partial charge < -0.3 is 14.6 Å². The van der Waals surface area contributed by atoms with E-state index in [-0.39, 0.29) is 12.5 Å². The normalized spacial score (nSPS) is 11.2. The molecule has 0 radical (unpaired) electrons. The van der Waals surface area contributed by atoms with E-state index in [1.807, 2.05) is 48.5 Å². The summed E-state index contributed by atoms with van der Waals surface area (Å²) in [6.07, 6.45) is 0. The quantitative estimate of drug-likeness (QED) is 0.319. The summed E-state index contributed by atoms with van der Waals surface area (Å²) in [7, 11) is 1.59. The zero-order valence-corrected chi connectivity index (χ0v) is 17.7. The summed E-state index contributed by atoms with van der Waals surface area (Å²) >= 11 is 7.05. The van der Waals surface area contributed by atoms with Crippen molar-refractivity contribution in [3.05, 3.63) is 69.6 Å². The number of hydrogen-bond donors (Lipinski definition) is 1. The molecule has 4 rings (SSSR count). The van der Waals surface area contributed by atoms with Gasteiger partial charge in [0.1, 0.15) is 11.5 Å². The van der Waals surface area contributed by atoms with Gasteiger partial charge in [0.25, 0.3) is 0 Å². The molecule has 0 spiro atoms. The molecule has 0 heterocycles. The third-order valence-electron chi connectivity index (χ3n) is 4.49. The average Bonchev–Trinajstić information content (AvgIpc) is 2.66. The first-order valence-corrected chi connectivity index (χ1v) is 9.92. The number of halogens is 2. The van der Waals surface area contributed by atoms with Gasteiger partial charge in [-0.15, -0.1) is 0 Å². The summed E-state index contributed by atoms with van der Waals surface area (Å²) < 4.78 is 12.9. The van der Waals surface area contributed by atoms with Crippen LogP contribution in [0.4, 0.5) is 0 Å². The average molecular weight is 488 g/mol. The van der Waals surface area contributed by atoms with Crippen molar-refractivity contribution >= 4 is 53.4 Å². The molecular weight excluding hydrogens is 472 g/mol. The van der Waals surface area contributed by atoms with Gasteiger partial charge in [0, 0.05) is 27.2 Å². The first-order valence-electron chi connectivity index (χ1n) is 8.34. The Kier molecular flexibility index (Phi) is 5.08. The number of ether oxygens (including phenoxy) is 2. The van der Waals surface area contributed by atoms with Crippen molar-refractivity contribution in [2.45, 2.75) is 0 Å². The molecule has 0 aliphatic heterocycles. The summed E-state index contributed by atoms with van der Waals surface area (Å²) in [5, 5.41) is 14.8. The molecule has 3 nitrogen and oxygen atoms in total. The molecule has 0 atom stereocenters. The zero-order valence-electron chi connectivity index (χ0n) is 14.5. The molecule has 0 unspecified atom stereocenters. The van der Waals surface area contributed by atoms with Crippen LogP contribution >= 0.6 is 31.9 Å². The van der Waals surface area contributed by atoms with E-state index in [4.69, 9.17) is 9.47 Å². The monoisotopic (exact) mass is 486 g/mol. The molecule has 0 bridgehead atoms. The van der Waals surface area contributed by atoms with Crippen LogP contribution < -0.4 is 4.74 Å². The molecule has 136 valence electrons. The molecule has 0 fully saturated rings. The molecule has 0 aromatic heterocycles. The Morgan fingerprint density at radius 1 is 0.778 bits per heavy atom. The first-order chi connectivity index (χ1) is 13.1. The van der Waals surface area contributed by atoms with Crippen molar-refractivity contribution in [3.63, 3.8) is 0 Å². The Hall–Kier alpha value is -2.08. The predicted molar refractivity (Wildman–Crippen MR) is 116 cm³/mol. The third kappa shape index (κ3) is 3.43. The molecule has 27 heavy (non-hydrogen) atoms. The molecule has 0 aliphatic rings. The minimum Gasteiger partial charge on any atom is -0.507 e. The Morgan fingerprint density at radius 3 is 2.00 bits per heavy atom. The van der Waals surface area contributed by atoms with E-state index in [1.54, 1.807) is 13.2 Å². The highest BCUT2D eigenvalue weighted by atomic mass is 79.9. The summed E-state index contributed by atoms with van der Waals surface area (Å²) in [6, 6.07) is 19.7. The van der Waals surface area contributed by atoms with Gasteiger partial charge in [0.2, 0.25) is 0 Å². The van der Waals surface area contributed by atoms with Crippen LogP contribution in [0.25, 0.3) is 32.7 Å². The number of benzene rings is 4. The van der Waals surface area contributed by atoms with Crippen LogP contribution in [0.1, 0.15) is 0 Å². The second-order valence-electron chi connectivity index (χ2n) is 6.18. The summed E-state index contributed by atoms with van der Waals surface area (Å²) in [4.78, 5) is 0. The molecule has 0 amide bonds. The number of rotatable bonds is 4. The highest BCUT2D eigenvalue weighted by Crippen LogP contribution is 2.45. The lowest BCUT2D eigenvalue weighted by molar-refractivity contribution is 0.0516. The molecule has 0 aliphatic carbocycles. The highest BCUT2D eigenvalue weighted by molar-refractivity contribution is 9.10. The number of phenols is 1. The lowest BCUT2D eigenvalue weighted by Gasteiger charge is -2.17. The van der Waals surface area contributed by atoms with Crippen LogP contribution in [0.15, 0.2) is 69.6 Å². The van der Waals surface area contributed by atoms with Crippen molar-refractivity contribution in [3.8, 4) is 22.6 Å². The third-order valence-corrected chi connectivity index (χ3v) is 5.47. The lowest BCUT2D eigenvalue weighted by Crippen LogP contribution is -2.01. The minimum absolute atomic E-state index is 0.131. The van der Waals surface area contributed by atoms with E-state index in [2.05, 4.69) is 37.9 Å². The SMILES string of the molecule is COCOc1ccc2cc(Br)ccc2c1-c1c(O)ccc2cc(Br)ccc12. The number of aromatic hydroxyl groups is 1. The van der Waals surface area contributed by atoms with Crippen molar-refractivity contribution < 1.29 is 14.6 Å². The van der Waals surface area contributed by atoms with Crippen molar-refractivity contribution in [2.75, 3.05) is 13.9 Å². The fourth-order valence-corrected chi connectivity index (χ4v) is 4.09. The van der Waals surface area contributed by atoms with Crippen molar-refractivity contribution in [1.82, 2.24) is 0 Å². The smallest absolute Gasteiger partial charge is 0.188 e. The van der Waals surface area contributed by atoms with Crippen LogP contribution in [0.3, 0.4) is 0 Å². The molecule has 5 heteroatoms. The number of fused-ring (bicyclic) bond motifs is 2. The first kappa shape index (κ1) is 18.3. The maximum Gasteiger partial charge on any atom is 0.188 e. The Labute approximate surface area is 173 Å². The Morgan fingerprint density at radius 2 is 1.37 bits per heavy atom. The van der Waals surface area contributed by atoms with Crippen LogP contribution in [0.5, 0.6) is 11.5 Å². The lowest BCUT2D eigenvalue weighted by atomic mass is 9.92. The largest absolute Gasteiger partial charge is 0.507 e. The summed E-state index contributed by atoms with van der Waals surface area (Å²) in [6.45, 7) is 0.131. The van der Waals surface area contributed by atoms with Gasteiger partial charge in [-0.1, -0.05) is 56.1 Å². The molecule has 4 aromatic rings. The fraction of sp³-hybridized carbons (Fsp3) is 0.0909. The topological polar surface area (TPSA) is 38.7 Å². The molecule has 1 N–H and O–H groups in total. The standard InChI is InChI=1S/C22H16Br2O3/c1-26-12-27-20-9-3-14-11-16(24)5-7-18(14)22(20)21-17-6-4-15(23)10-13(17)2-8-19(21)25/h2-11,25H,12H2,1H3. The molecular formula is C22H16Br2O3.